The van der Waals surface area contributed by atoms with Crippen molar-refractivity contribution >= 4 is 36.0 Å². The number of nitrogens with one attached hydrogen (secondary N) is 1. The number of carbonyl (C=O) groups is 3. The number of aliphatic carboxylic acids is 1. The van der Waals surface area contributed by atoms with E-state index in [2.05, 4.69) is 5.32 Å². The maximum absolute atomic E-state index is 12.6. The Morgan fingerprint density at radius 2 is 1.81 bits per heavy atom. The number of benzene rings is 1. The molecule has 0 spiro atoms. The molecule has 2 heterocycles. The molecule has 3 amide bonds. The third-order valence-corrected chi connectivity index (χ3v) is 5.13. The summed E-state index contributed by atoms with van der Waals surface area (Å²) in [4.78, 5) is 38.4. The monoisotopic (exact) mass is 395 g/mol. The predicted molar refractivity (Wildman–Crippen MR) is 104 cm³/mol. The molecule has 0 saturated carbocycles. The summed E-state index contributed by atoms with van der Waals surface area (Å²) in [6.45, 7) is 2.79. The average Bonchev–Trinajstić information content (AvgIpc) is 2.93. The highest BCUT2D eigenvalue weighted by Gasteiger charge is 2.37. The van der Waals surface area contributed by atoms with E-state index in [1.165, 1.54) is 4.90 Å². The zero-order chi connectivity index (χ0) is 18.5. The van der Waals surface area contributed by atoms with Crippen LogP contribution in [0.2, 0.25) is 0 Å². The molecule has 2 aliphatic heterocycles. The molecule has 1 aromatic rings. The van der Waals surface area contributed by atoms with Gasteiger partial charge in [0.1, 0.15) is 6.54 Å². The van der Waals surface area contributed by atoms with Gasteiger partial charge in [-0.2, -0.15) is 0 Å². The highest BCUT2D eigenvalue weighted by atomic mass is 35.5. The van der Waals surface area contributed by atoms with Crippen LogP contribution in [0.3, 0.4) is 0 Å². The van der Waals surface area contributed by atoms with E-state index in [1.54, 1.807) is 29.2 Å². The van der Waals surface area contributed by atoms with Crippen LogP contribution >= 0.6 is 12.4 Å². The Kier molecular flexibility index (Phi) is 7.62. The molecular formula is C19H26ClN3O4. The van der Waals surface area contributed by atoms with E-state index in [0.717, 1.165) is 37.9 Å². The second kappa shape index (κ2) is 9.71. The molecule has 2 saturated heterocycles. The lowest BCUT2D eigenvalue weighted by molar-refractivity contribution is -0.137. The first-order chi connectivity index (χ1) is 12.5. The number of nitrogens with zero attached hydrogens (tertiary/aromatic N) is 2. The van der Waals surface area contributed by atoms with Crippen molar-refractivity contribution in [2.45, 2.75) is 32.1 Å². The summed E-state index contributed by atoms with van der Waals surface area (Å²) in [5, 5.41) is 12.1. The predicted octanol–water partition coefficient (Wildman–Crippen LogP) is 2.28. The van der Waals surface area contributed by atoms with Gasteiger partial charge in [-0.3, -0.25) is 9.59 Å². The van der Waals surface area contributed by atoms with Crippen molar-refractivity contribution in [1.29, 1.82) is 0 Å². The van der Waals surface area contributed by atoms with Crippen molar-refractivity contribution in [3.63, 3.8) is 0 Å². The molecule has 0 bridgehead atoms. The lowest BCUT2D eigenvalue weighted by Crippen LogP contribution is -2.35. The zero-order valence-electron chi connectivity index (χ0n) is 15.2. The molecule has 8 heteroatoms. The van der Waals surface area contributed by atoms with E-state index < -0.39 is 5.97 Å². The number of urea groups is 1. The van der Waals surface area contributed by atoms with Crippen LogP contribution in [0.4, 0.5) is 10.5 Å². The molecule has 0 atom stereocenters. The first-order valence-corrected chi connectivity index (χ1v) is 9.18. The second-order valence-electron chi connectivity index (χ2n) is 6.98. The number of aryl methyl sites for hydroxylation is 1. The quantitative estimate of drug-likeness (QED) is 0.691. The normalized spacial score (nSPS) is 17.9. The van der Waals surface area contributed by atoms with E-state index in [9.17, 15) is 14.4 Å². The Morgan fingerprint density at radius 1 is 1.15 bits per heavy atom. The molecule has 0 aromatic heterocycles. The lowest BCUT2D eigenvalue weighted by atomic mass is 9.94. The fourth-order valence-corrected chi connectivity index (χ4v) is 3.55. The molecule has 2 fully saturated rings. The first-order valence-electron chi connectivity index (χ1n) is 9.18. The van der Waals surface area contributed by atoms with E-state index >= 15 is 0 Å². The van der Waals surface area contributed by atoms with Gasteiger partial charge in [-0.1, -0.05) is 12.1 Å². The number of rotatable bonds is 7. The number of imide groups is 1. The smallest absolute Gasteiger partial charge is 0.331 e. The van der Waals surface area contributed by atoms with Gasteiger partial charge in [0, 0.05) is 13.0 Å². The molecule has 1 aromatic carbocycles. The summed E-state index contributed by atoms with van der Waals surface area (Å²) in [6.07, 6.45) is 3.67. The highest BCUT2D eigenvalue weighted by molar-refractivity contribution is 6.19. The van der Waals surface area contributed by atoms with Gasteiger partial charge in [-0.25, -0.2) is 9.69 Å². The summed E-state index contributed by atoms with van der Waals surface area (Å²) in [5.74, 6) is -0.441. The van der Waals surface area contributed by atoms with Crippen molar-refractivity contribution in [2.24, 2.45) is 5.92 Å². The van der Waals surface area contributed by atoms with Crippen LogP contribution in [0.5, 0.6) is 0 Å². The fraction of sp³-hybridized carbons (Fsp3) is 0.526. The Bertz CT molecular complexity index is 674. The number of carboxylic acids is 1. The van der Waals surface area contributed by atoms with Crippen LogP contribution in [0.25, 0.3) is 0 Å². The summed E-state index contributed by atoms with van der Waals surface area (Å²) in [6, 6.07) is 6.71. The molecular weight excluding hydrogens is 370 g/mol. The molecule has 27 heavy (non-hydrogen) atoms. The molecule has 0 unspecified atom stereocenters. The number of anilines is 1. The van der Waals surface area contributed by atoms with Gasteiger partial charge in [0.05, 0.1) is 5.69 Å². The Hall–Kier alpha value is -2.12. The fourth-order valence-electron chi connectivity index (χ4n) is 3.55. The SMILES string of the molecule is Cl.O=C(O)CCc1ccc(N2C(=O)CN(CCC3CCNCC3)C2=O)cc1. The summed E-state index contributed by atoms with van der Waals surface area (Å²) < 4.78 is 0. The number of piperidine rings is 1. The van der Waals surface area contributed by atoms with Crippen LogP contribution in [0.1, 0.15) is 31.2 Å². The van der Waals surface area contributed by atoms with Gasteiger partial charge in [0.25, 0.3) is 5.91 Å². The standard InChI is InChI=1S/C19H25N3O4.ClH/c23-17-13-21(12-9-15-7-10-20-11-8-15)19(26)22(17)16-4-1-14(2-5-16)3-6-18(24)25;/h1-2,4-5,15,20H,3,6-13H2,(H,24,25);1H. The number of amides is 3. The average molecular weight is 396 g/mol. The maximum Gasteiger partial charge on any atom is 0.331 e. The third-order valence-electron chi connectivity index (χ3n) is 5.13. The second-order valence-corrected chi connectivity index (χ2v) is 6.98. The van der Waals surface area contributed by atoms with Gasteiger partial charge in [-0.15, -0.1) is 12.4 Å². The largest absolute Gasteiger partial charge is 0.481 e. The van der Waals surface area contributed by atoms with Gasteiger partial charge < -0.3 is 15.3 Å². The van der Waals surface area contributed by atoms with Gasteiger partial charge in [-0.05, 0) is 62.4 Å². The van der Waals surface area contributed by atoms with Crippen molar-refractivity contribution in [3.05, 3.63) is 29.8 Å². The zero-order valence-corrected chi connectivity index (χ0v) is 16.0. The molecule has 3 rings (SSSR count). The number of carboxylic acid groups (broad SMARTS) is 1. The Labute approximate surface area is 165 Å². The molecule has 0 radical (unpaired) electrons. The minimum Gasteiger partial charge on any atom is -0.481 e. The first kappa shape index (κ1) is 21.2. The van der Waals surface area contributed by atoms with E-state index in [0.29, 0.717) is 24.6 Å². The molecule has 2 N–H and O–H groups in total. The third kappa shape index (κ3) is 5.43. The van der Waals surface area contributed by atoms with Gasteiger partial charge in [0.2, 0.25) is 0 Å². The maximum atomic E-state index is 12.6. The molecule has 2 aliphatic rings. The van der Waals surface area contributed by atoms with E-state index in [1.807, 2.05) is 0 Å². The summed E-state index contributed by atoms with van der Waals surface area (Å²) in [5.41, 5.74) is 1.42. The van der Waals surface area contributed by atoms with Gasteiger partial charge >= 0.3 is 12.0 Å². The minimum atomic E-state index is -0.844. The van der Waals surface area contributed by atoms with Crippen molar-refractivity contribution in [3.8, 4) is 0 Å². The Balaban J connectivity index is 0.00000261. The van der Waals surface area contributed by atoms with Crippen molar-refractivity contribution < 1.29 is 19.5 Å². The number of hydrogen-bond acceptors (Lipinski definition) is 4. The topological polar surface area (TPSA) is 89.9 Å². The van der Waals surface area contributed by atoms with Crippen LogP contribution in [0, 0.1) is 5.92 Å². The van der Waals surface area contributed by atoms with Crippen LogP contribution in [-0.2, 0) is 16.0 Å². The summed E-state index contributed by atoms with van der Waals surface area (Å²) in [7, 11) is 0. The molecule has 148 valence electrons. The van der Waals surface area contributed by atoms with Crippen LogP contribution < -0.4 is 10.2 Å². The van der Waals surface area contributed by atoms with Crippen molar-refractivity contribution in [2.75, 3.05) is 31.1 Å². The Morgan fingerprint density at radius 3 is 2.44 bits per heavy atom. The number of carbonyl (C=O) groups excluding carboxylic acids is 2. The van der Waals surface area contributed by atoms with Crippen molar-refractivity contribution in [1.82, 2.24) is 10.2 Å². The van der Waals surface area contributed by atoms with E-state index in [-0.39, 0.29) is 37.3 Å². The van der Waals surface area contributed by atoms with E-state index in [4.69, 9.17) is 5.11 Å². The van der Waals surface area contributed by atoms with Gasteiger partial charge in [0.15, 0.2) is 0 Å². The van der Waals surface area contributed by atoms with Crippen LogP contribution in [0.15, 0.2) is 24.3 Å². The minimum absolute atomic E-state index is 0. The molecule has 7 nitrogen and oxygen atoms in total. The number of hydrogen-bond donors (Lipinski definition) is 2. The summed E-state index contributed by atoms with van der Waals surface area (Å²) >= 11 is 0. The number of halogens is 1. The highest BCUT2D eigenvalue weighted by Crippen LogP contribution is 2.24. The van der Waals surface area contributed by atoms with Crippen LogP contribution in [-0.4, -0.2) is 54.1 Å². The molecule has 0 aliphatic carbocycles. The lowest BCUT2D eigenvalue weighted by Gasteiger charge is -2.24.